The summed E-state index contributed by atoms with van der Waals surface area (Å²) in [4.78, 5) is 0. The summed E-state index contributed by atoms with van der Waals surface area (Å²) in [6.07, 6.45) is 0. The first kappa shape index (κ1) is 9.43. The average molecular weight is 289 g/mol. The molecule has 13 heavy (non-hydrogen) atoms. The van der Waals surface area contributed by atoms with Crippen LogP contribution in [0.4, 0.5) is 0 Å². The van der Waals surface area contributed by atoms with E-state index < -0.39 is 0 Å². The summed E-state index contributed by atoms with van der Waals surface area (Å²) in [5.74, 6) is 0. The van der Waals surface area contributed by atoms with E-state index in [1.54, 1.807) is 0 Å². The maximum atomic E-state index is 5.41. The molecule has 0 unspecified atom stereocenters. The van der Waals surface area contributed by atoms with Crippen LogP contribution < -0.4 is 5.32 Å². The predicted molar refractivity (Wildman–Crippen MR) is 60.7 cm³/mol. The largest absolute Gasteiger partial charge is 0.378 e. The number of rotatable bonds is 1. The topological polar surface area (TPSA) is 21.3 Å². The van der Waals surface area contributed by atoms with Crippen LogP contribution in [-0.4, -0.2) is 19.8 Å². The van der Waals surface area contributed by atoms with Crippen molar-refractivity contribution in [3.8, 4) is 0 Å². The Balaban J connectivity index is 2.14. The molecule has 0 saturated carbocycles. The maximum Gasteiger partial charge on any atom is 0.0662 e. The van der Waals surface area contributed by atoms with Crippen molar-refractivity contribution >= 4 is 22.6 Å². The first-order valence-corrected chi connectivity index (χ1v) is 5.51. The molecule has 3 heteroatoms. The monoisotopic (exact) mass is 289 g/mol. The Morgan fingerprint density at radius 1 is 1.46 bits per heavy atom. The quantitative estimate of drug-likeness (QED) is 0.798. The van der Waals surface area contributed by atoms with Crippen LogP contribution in [0.2, 0.25) is 0 Å². The maximum absolute atomic E-state index is 5.41. The van der Waals surface area contributed by atoms with E-state index in [1.165, 1.54) is 9.13 Å². The minimum absolute atomic E-state index is 0.378. The molecule has 1 saturated heterocycles. The van der Waals surface area contributed by atoms with Gasteiger partial charge >= 0.3 is 0 Å². The molecule has 1 aromatic carbocycles. The molecule has 0 amide bonds. The molecular weight excluding hydrogens is 277 g/mol. The second kappa shape index (κ2) is 4.39. The van der Waals surface area contributed by atoms with Crippen molar-refractivity contribution in [2.24, 2.45) is 0 Å². The Morgan fingerprint density at radius 2 is 2.38 bits per heavy atom. The SMILES string of the molecule is Ic1cccc([C@H]2COCCN2)c1. The van der Waals surface area contributed by atoms with Crippen LogP contribution in [0.5, 0.6) is 0 Å². The summed E-state index contributed by atoms with van der Waals surface area (Å²) in [6, 6.07) is 8.92. The van der Waals surface area contributed by atoms with Crippen LogP contribution in [0.1, 0.15) is 11.6 Å². The highest BCUT2D eigenvalue weighted by Gasteiger charge is 2.14. The Kier molecular flexibility index (Phi) is 3.18. The number of morpholine rings is 1. The van der Waals surface area contributed by atoms with Gasteiger partial charge in [0, 0.05) is 10.1 Å². The lowest BCUT2D eigenvalue weighted by atomic mass is 10.1. The van der Waals surface area contributed by atoms with Gasteiger partial charge in [-0.05, 0) is 40.3 Å². The van der Waals surface area contributed by atoms with Crippen molar-refractivity contribution in [2.75, 3.05) is 19.8 Å². The van der Waals surface area contributed by atoms with Crippen molar-refractivity contribution in [3.63, 3.8) is 0 Å². The lowest BCUT2D eigenvalue weighted by Gasteiger charge is -2.24. The van der Waals surface area contributed by atoms with Gasteiger partial charge in [-0.3, -0.25) is 0 Å². The third kappa shape index (κ3) is 2.42. The summed E-state index contributed by atoms with van der Waals surface area (Å²) in [5, 5.41) is 3.43. The normalized spacial score (nSPS) is 23.0. The second-order valence-electron chi connectivity index (χ2n) is 3.14. The molecule has 1 aliphatic rings. The first-order chi connectivity index (χ1) is 6.36. The predicted octanol–water partition coefficient (Wildman–Crippen LogP) is 1.95. The van der Waals surface area contributed by atoms with E-state index in [0.717, 1.165) is 19.8 Å². The average Bonchev–Trinajstić information content (AvgIpc) is 2.19. The van der Waals surface area contributed by atoms with Gasteiger partial charge in [0.2, 0.25) is 0 Å². The Hall–Kier alpha value is -0.130. The molecular formula is C10H12INO. The fourth-order valence-corrected chi connectivity index (χ4v) is 2.07. The molecule has 1 N–H and O–H groups in total. The molecule has 2 nitrogen and oxygen atoms in total. The molecule has 1 aromatic rings. The van der Waals surface area contributed by atoms with Crippen LogP contribution in [0.25, 0.3) is 0 Å². The standard InChI is InChI=1S/C10H12INO/c11-9-3-1-2-8(6-9)10-7-13-5-4-12-10/h1-3,6,10,12H,4-5,7H2/t10-/m1/s1. The number of hydrogen-bond donors (Lipinski definition) is 1. The molecule has 0 bridgehead atoms. The zero-order chi connectivity index (χ0) is 9.10. The van der Waals surface area contributed by atoms with Crippen LogP contribution in [0.15, 0.2) is 24.3 Å². The van der Waals surface area contributed by atoms with Crippen molar-refractivity contribution in [1.29, 1.82) is 0 Å². The summed E-state index contributed by atoms with van der Waals surface area (Å²) < 4.78 is 6.69. The number of ether oxygens (including phenoxy) is 1. The molecule has 1 heterocycles. The van der Waals surface area contributed by atoms with Gasteiger partial charge in [-0.15, -0.1) is 0 Å². The molecule has 1 fully saturated rings. The van der Waals surface area contributed by atoms with Gasteiger partial charge in [0.25, 0.3) is 0 Å². The Morgan fingerprint density at radius 3 is 3.08 bits per heavy atom. The third-order valence-corrected chi connectivity index (χ3v) is 2.84. The Labute approximate surface area is 91.8 Å². The van der Waals surface area contributed by atoms with Crippen LogP contribution >= 0.6 is 22.6 Å². The van der Waals surface area contributed by atoms with E-state index in [4.69, 9.17) is 4.74 Å². The molecule has 2 rings (SSSR count). The van der Waals surface area contributed by atoms with Gasteiger partial charge in [0.05, 0.1) is 19.3 Å². The van der Waals surface area contributed by atoms with Crippen molar-refractivity contribution < 1.29 is 4.74 Å². The molecule has 0 radical (unpaired) electrons. The lowest BCUT2D eigenvalue weighted by molar-refractivity contribution is 0.0768. The van der Waals surface area contributed by atoms with E-state index >= 15 is 0 Å². The molecule has 0 spiro atoms. The van der Waals surface area contributed by atoms with Gasteiger partial charge in [-0.1, -0.05) is 12.1 Å². The highest BCUT2D eigenvalue weighted by atomic mass is 127. The van der Waals surface area contributed by atoms with Crippen LogP contribution in [0, 0.1) is 3.57 Å². The van der Waals surface area contributed by atoms with Crippen LogP contribution in [-0.2, 0) is 4.74 Å². The number of benzene rings is 1. The first-order valence-electron chi connectivity index (χ1n) is 4.43. The van der Waals surface area contributed by atoms with Crippen molar-refractivity contribution in [1.82, 2.24) is 5.32 Å². The third-order valence-electron chi connectivity index (χ3n) is 2.17. The molecule has 1 atom stereocenters. The van der Waals surface area contributed by atoms with Gasteiger partial charge in [-0.2, -0.15) is 0 Å². The lowest BCUT2D eigenvalue weighted by Crippen LogP contribution is -2.34. The smallest absolute Gasteiger partial charge is 0.0662 e. The summed E-state index contributed by atoms with van der Waals surface area (Å²) in [7, 11) is 0. The van der Waals surface area contributed by atoms with E-state index in [-0.39, 0.29) is 0 Å². The van der Waals surface area contributed by atoms with E-state index in [1.807, 2.05) is 0 Å². The van der Waals surface area contributed by atoms with Gasteiger partial charge < -0.3 is 10.1 Å². The van der Waals surface area contributed by atoms with Crippen LogP contribution in [0.3, 0.4) is 0 Å². The minimum Gasteiger partial charge on any atom is -0.378 e. The van der Waals surface area contributed by atoms with Crippen molar-refractivity contribution in [3.05, 3.63) is 33.4 Å². The van der Waals surface area contributed by atoms with E-state index in [9.17, 15) is 0 Å². The summed E-state index contributed by atoms with van der Waals surface area (Å²) >= 11 is 2.33. The zero-order valence-corrected chi connectivity index (χ0v) is 9.45. The number of halogens is 1. The second-order valence-corrected chi connectivity index (χ2v) is 4.38. The fourth-order valence-electron chi connectivity index (χ4n) is 1.50. The number of nitrogens with one attached hydrogen (secondary N) is 1. The highest BCUT2D eigenvalue weighted by Crippen LogP contribution is 2.17. The van der Waals surface area contributed by atoms with E-state index in [0.29, 0.717) is 6.04 Å². The summed E-state index contributed by atoms with van der Waals surface area (Å²) in [6.45, 7) is 2.58. The Bertz CT molecular complexity index is 284. The van der Waals surface area contributed by atoms with Gasteiger partial charge in [0.15, 0.2) is 0 Å². The highest BCUT2D eigenvalue weighted by molar-refractivity contribution is 14.1. The van der Waals surface area contributed by atoms with Gasteiger partial charge in [-0.25, -0.2) is 0 Å². The number of hydrogen-bond acceptors (Lipinski definition) is 2. The molecule has 0 aliphatic carbocycles. The van der Waals surface area contributed by atoms with Gasteiger partial charge in [0.1, 0.15) is 0 Å². The fraction of sp³-hybridized carbons (Fsp3) is 0.400. The van der Waals surface area contributed by atoms with Crippen molar-refractivity contribution in [2.45, 2.75) is 6.04 Å². The molecule has 70 valence electrons. The zero-order valence-electron chi connectivity index (χ0n) is 7.29. The van der Waals surface area contributed by atoms with E-state index in [2.05, 4.69) is 52.2 Å². The minimum atomic E-state index is 0.378. The molecule has 0 aromatic heterocycles. The molecule has 1 aliphatic heterocycles. The summed E-state index contributed by atoms with van der Waals surface area (Å²) in [5.41, 5.74) is 1.33.